The number of fused-ring (bicyclic) bond motifs is 2. The van der Waals surface area contributed by atoms with E-state index in [4.69, 9.17) is 4.74 Å². The van der Waals surface area contributed by atoms with Gasteiger partial charge < -0.3 is 4.74 Å². The van der Waals surface area contributed by atoms with E-state index in [-0.39, 0.29) is 5.60 Å². The summed E-state index contributed by atoms with van der Waals surface area (Å²) in [5.41, 5.74) is 2.27. The van der Waals surface area contributed by atoms with Crippen molar-refractivity contribution >= 4 is 0 Å². The van der Waals surface area contributed by atoms with Crippen LogP contribution in [0.4, 0.5) is 0 Å². The van der Waals surface area contributed by atoms with E-state index < -0.39 is 0 Å². The van der Waals surface area contributed by atoms with E-state index in [1.165, 1.54) is 37.7 Å². The number of rotatable bonds is 0. The van der Waals surface area contributed by atoms with Crippen molar-refractivity contribution in [3.05, 3.63) is 12.2 Å². The van der Waals surface area contributed by atoms with Crippen LogP contribution in [0.3, 0.4) is 0 Å². The Labute approximate surface area is 99.3 Å². The van der Waals surface area contributed by atoms with Crippen molar-refractivity contribution in [2.45, 2.75) is 64.6 Å². The van der Waals surface area contributed by atoms with Gasteiger partial charge in [0.25, 0.3) is 0 Å². The molecule has 2 saturated carbocycles. The van der Waals surface area contributed by atoms with Crippen molar-refractivity contribution < 1.29 is 4.74 Å². The molecule has 1 aliphatic heterocycles. The summed E-state index contributed by atoms with van der Waals surface area (Å²) in [5.74, 6) is 1.68. The lowest BCUT2D eigenvalue weighted by Gasteiger charge is -2.53. The summed E-state index contributed by atoms with van der Waals surface area (Å²) in [5, 5.41) is 0. The number of allylic oxidation sites excluding steroid dienone is 1. The van der Waals surface area contributed by atoms with Gasteiger partial charge in [-0.05, 0) is 56.3 Å². The van der Waals surface area contributed by atoms with E-state index in [9.17, 15) is 0 Å². The predicted octanol–water partition coefficient (Wildman–Crippen LogP) is 3.94. The van der Waals surface area contributed by atoms with E-state index in [1.54, 1.807) is 0 Å². The monoisotopic (exact) mass is 220 g/mol. The fourth-order valence-corrected chi connectivity index (χ4v) is 4.08. The second-order valence-electron chi connectivity index (χ2n) is 7.06. The van der Waals surface area contributed by atoms with E-state index in [0.717, 1.165) is 11.8 Å². The van der Waals surface area contributed by atoms with Crippen molar-refractivity contribution in [1.29, 1.82) is 0 Å². The Balaban J connectivity index is 1.78. The highest BCUT2D eigenvalue weighted by Crippen LogP contribution is 2.59. The molecule has 0 radical (unpaired) electrons. The zero-order valence-electron chi connectivity index (χ0n) is 10.9. The second kappa shape index (κ2) is 3.13. The molecule has 0 spiro atoms. The molecule has 1 nitrogen and oxygen atoms in total. The molecule has 90 valence electrons. The maximum absolute atomic E-state index is 5.86. The van der Waals surface area contributed by atoms with Crippen LogP contribution in [0.25, 0.3) is 0 Å². The van der Waals surface area contributed by atoms with Crippen LogP contribution in [0, 0.1) is 17.3 Å². The molecule has 0 aromatic carbocycles. The summed E-state index contributed by atoms with van der Waals surface area (Å²) in [6.07, 6.45) is 6.89. The van der Waals surface area contributed by atoms with Gasteiger partial charge in [-0.3, -0.25) is 0 Å². The molecule has 3 rings (SSSR count). The van der Waals surface area contributed by atoms with E-state index in [1.807, 2.05) is 0 Å². The Morgan fingerprint density at radius 1 is 1.25 bits per heavy atom. The van der Waals surface area contributed by atoms with Crippen LogP contribution in [0.15, 0.2) is 12.2 Å². The molecule has 4 atom stereocenters. The molecular weight excluding hydrogens is 196 g/mol. The smallest absolute Gasteiger partial charge is 0.0920 e. The fraction of sp³-hybridized carbons (Fsp3) is 0.867. The standard InChI is InChI=1S/C15H24O/c1-10-5-6-13-15(4,16-13)8-7-12-11(10)9-14(12,2)3/h11-13H,1,5-9H2,2-4H3/t11-,12-,13?,15+/m0/s1. The Kier molecular flexibility index (Phi) is 2.12. The molecule has 1 heterocycles. The quantitative estimate of drug-likeness (QED) is 0.445. The summed E-state index contributed by atoms with van der Waals surface area (Å²) >= 11 is 0. The number of hydrogen-bond donors (Lipinski definition) is 0. The van der Waals surface area contributed by atoms with Crippen LogP contribution in [0.5, 0.6) is 0 Å². The average Bonchev–Trinajstić information content (AvgIpc) is 2.82. The first kappa shape index (κ1) is 10.8. The first-order valence-corrected chi connectivity index (χ1v) is 6.78. The number of epoxide rings is 1. The molecule has 1 unspecified atom stereocenters. The molecule has 16 heavy (non-hydrogen) atoms. The third-order valence-electron chi connectivity index (χ3n) is 5.47. The molecule has 0 bridgehead atoms. The molecule has 1 heteroatoms. The van der Waals surface area contributed by atoms with Gasteiger partial charge in [-0.1, -0.05) is 26.0 Å². The Bertz CT molecular complexity index is 330. The van der Waals surface area contributed by atoms with Crippen LogP contribution in [0.2, 0.25) is 0 Å². The lowest BCUT2D eigenvalue weighted by Crippen LogP contribution is -2.44. The van der Waals surface area contributed by atoms with Gasteiger partial charge in [0.1, 0.15) is 0 Å². The maximum Gasteiger partial charge on any atom is 0.0920 e. The summed E-state index contributed by atoms with van der Waals surface area (Å²) in [6.45, 7) is 11.5. The normalized spacial score (nSPS) is 50.2. The highest BCUT2D eigenvalue weighted by molar-refractivity contribution is 5.16. The van der Waals surface area contributed by atoms with E-state index in [0.29, 0.717) is 11.5 Å². The number of hydrogen-bond acceptors (Lipinski definition) is 1. The highest BCUT2D eigenvalue weighted by Gasteiger charge is 2.55. The van der Waals surface area contributed by atoms with Gasteiger partial charge in [0.2, 0.25) is 0 Å². The summed E-state index contributed by atoms with van der Waals surface area (Å²) < 4.78 is 5.86. The average molecular weight is 220 g/mol. The Morgan fingerprint density at radius 2 is 2.00 bits per heavy atom. The van der Waals surface area contributed by atoms with Gasteiger partial charge in [0.05, 0.1) is 11.7 Å². The van der Waals surface area contributed by atoms with Gasteiger partial charge in [0.15, 0.2) is 0 Å². The lowest BCUT2D eigenvalue weighted by atomic mass is 9.52. The third kappa shape index (κ3) is 1.48. The molecule has 3 fully saturated rings. The fourth-order valence-electron chi connectivity index (χ4n) is 4.08. The van der Waals surface area contributed by atoms with Crippen molar-refractivity contribution in [1.82, 2.24) is 0 Å². The van der Waals surface area contributed by atoms with Gasteiger partial charge in [-0.25, -0.2) is 0 Å². The van der Waals surface area contributed by atoms with Crippen LogP contribution in [-0.4, -0.2) is 11.7 Å². The molecule has 0 aromatic heterocycles. The third-order valence-corrected chi connectivity index (χ3v) is 5.47. The maximum atomic E-state index is 5.86. The van der Waals surface area contributed by atoms with Crippen LogP contribution in [-0.2, 0) is 4.74 Å². The first-order chi connectivity index (χ1) is 7.42. The minimum atomic E-state index is 0.223. The summed E-state index contributed by atoms with van der Waals surface area (Å²) in [7, 11) is 0. The zero-order chi connectivity index (χ0) is 11.6. The van der Waals surface area contributed by atoms with Crippen molar-refractivity contribution in [3.63, 3.8) is 0 Å². The number of ether oxygens (including phenoxy) is 1. The van der Waals surface area contributed by atoms with Gasteiger partial charge in [-0.2, -0.15) is 0 Å². The Hall–Kier alpha value is -0.300. The predicted molar refractivity (Wildman–Crippen MR) is 66.3 cm³/mol. The minimum absolute atomic E-state index is 0.223. The molecule has 3 aliphatic rings. The van der Waals surface area contributed by atoms with Crippen molar-refractivity contribution in [2.24, 2.45) is 17.3 Å². The molecule has 1 saturated heterocycles. The molecular formula is C15H24O. The molecule has 0 N–H and O–H groups in total. The van der Waals surface area contributed by atoms with Crippen molar-refractivity contribution in [3.8, 4) is 0 Å². The van der Waals surface area contributed by atoms with Crippen LogP contribution in [0.1, 0.15) is 52.9 Å². The zero-order valence-corrected chi connectivity index (χ0v) is 10.9. The van der Waals surface area contributed by atoms with Crippen molar-refractivity contribution in [2.75, 3.05) is 0 Å². The van der Waals surface area contributed by atoms with E-state index in [2.05, 4.69) is 27.4 Å². The minimum Gasteiger partial charge on any atom is -0.366 e. The lowest BCUT2D eigenvalue weighted by molar-refractivity contribution is -0.00211. The SMILES string of the molecule is C=C1CCC2O[C@]2(C)CC[C@H]2[C@H]1CC2(C)C. The van der Waals surface area contributed by atoms with Gasteiger partial charge in [0, 0.05) is 0 Å². The van der Waals surface area contributed by atoms with Crippen LogP contribution >= 0.6 is 0 Å². The summed E-state index contributed by atoms with van der Waals surface area (Å²) in [6, 6.07) is 0. The van der Waals surface area contributed by atoms with Gasteiger partial charge in [-0.15, -0.1) is 0 Å². The van der Waals surface area contributed by atoms with Gasteiger partial charge >= 0.3 is 0 Å². The van der Waals surface area contributed by atoms with E-state index >= 15 is 0 Å². The Morgan fingerprint density at radius 3 is 2.69 bits per heavy atom. The molecule has 2 aliphatic carbocycles. The first-order valence-electron chi connectivity index (χ1n) is 6.78. The highest BCUT2D eigenvalue weighted by atomic mass is 16.6. The largest absolute Gasteiger partial charge is 0.366 e. The second-order valence-corrected chi connectivity index (χ2v) is 7.06. The molecule has 0 amide bonds. The topological polar surface area (TPSA) is 12.5 Å². The molecule has 0 aromatic rings. The summed E-state index contributed by atoms with van der Waals surface area (Å²) in [4.78, 5) is 0. The van der Waals surface area contributed by atoms with Crippen LogP contribution < -0.4 is 0 Å².